The molecule has 0 radical (unpaired) electrons. The topological polar surface area (TPSA) is 66.0 Å². The van der Waals surface area contributed by atoms with Crippen LogP contribution in [0, 0.1) is 11.3 Å². The molecule has 1 aromatic heterocycles. The predicted octanol–water partition coefficient (Wildman–Crippen LogP) is 3.42. The number of carbonyl (C=O) groups excluding carboxylic acids is 1. The van der Waals surface area contributed by atoms with Crippen LogP contribution in [0.5, 0.6) is 0 Å². The van der Waals surface area contributed by atoms with Crippen LogP contribution in [0.1, 0.15) is 21.7 Å². The van der Waals surface area contributed by atoms with Gasteiger partial charge >= 0.3 is 6.18 Å². The highest BCUT2D eigenvalue weighted by atomic mass is 19.4. The Bertz CT molecular complexity index is 670. The van der Waals surface area contributed by atoms with Gasteiger partial charge in [-0.15, -0.1) is 0 Å². The molecule has 4 nitrogen and oxygen atoms in total. The second-order valence-electron chi connectivity index (χ2n) is 3.80. The molecule has 7 heteroatoms. The minimum Gasteiger partial charge on any atom is -0.459 e. The van der Waals surface area contributed by atoms with Gasteiger partial charge < -0.3 is 9.73 Å². The highest BCUT2D eigenvalue weighted by Gasteiger charge is 2.31. The van der Waals surface area contributed by atoms with E-state index in [-0.39, 0.29) is 17.0 Å². The number of benzene rings is 1. The van der Waals surface area contributed by atoms with Crippen LogP contribution in [0.2, 0.25) is 0 Å². The Morgan fingerprint density at radius 3 is 2.60 bits per heavy atom. The maximum atomic E-state index is 12.5. The normalized spacial score (nSPS) is 10.9. The molecule has 0 spiro atoms. The Morgan fingerprint density at radius 1 is 1.30 bits per heavy atom. The zero-order chi connectivity index (χ0) is 14.8. The summed E-state index contributed by atoms with van der Waals surface area (Å²) in [6.07, 6.45) is -3.26. The first-order valence-electron chi connectivity index (χ1n) is 5.38. The number of halogens is 3. The molecule has 0 aliphatic rings. The molecule has 1 heterocycles. The highest BCUT2D eigenvalue weighted by molar-refractivity contribution is 6.02. The summed E-state index contributed by atoms with van der Waals surface area (Å²) in [5, 5.41) is 11.2. The monoisotopic (exact) mass is 280 g/mol. The van der Waals surface area contributed by atoms with E-state index in [1.54, 1.807) is 6.07 Å². The fraction of sp³-hybridized carbons (Fsp3) is 0.0769. The molecule has 0 saturated carbocycles. The van der Waals surface area contributed by atoms with Crippen LogP contribution in [-0.4, -0.2) is 5.91 Å². The molecule has 102 valence electrons. The lowest BCUT2D eigenvalue weighted by Crippen LogP contribution is -2.13. The molecule has 1 aromatic carbocycles. The average Bonchev–Trinajstić information content (AvgIpc) is 2.91. The molecule has 0 atom stereocenters. The number of nitrogens with one attached hydrogen (secondary N) is 1. The molecule has 0 aliphatic carbocycles. The Balaban J connectivity index is 2.29. The quantitative estimate of drug-likeness (QED) is 0.916. The molecule has 0 saturated heterocycles. The highest BCUT2D eigenvalue weighted by Crippen LogP contribution is 2.31. The fourth-order valence-corrected chi connectivity index (χ4v) is 1.51. The largest absolute Gasteiger partial charge is 0.459 e. The van der Waals surface area contributed by atoms with E-state index in [4.69, 9.17) is 9.68 Å². The van der Waals surface area contributed by atoms with E-state index >= 15 is 0 Å². The Kier molecular flexibility index (Phi) is 3.48. The van der Waals surface area contributed by atoms with E-state index in [1.165, 1.54) is 18.4 Å². The number of anilines is 1. The Labute approximate surface area is 111 Å². The van der Waals surface area contributed by atoms with E-state index in [1.807, 2.05) is 0 Å². The maximum Gasteiger partial charge on any atom is 0.416 e. The first kappa shape index (κ1) is 13.7. The molecule has 0 aliphatic heterocycles. The van der Waals surface area contributed by atoms with Crippen molar-refractivity contribution >= 4 is 11.6 Å². The molecular weight excluding hydrogens is 273 g/mol. The zero-order valence-corrected chi connectivity index (χ0v) is 9.86. The number of alkyl halides is 3. The van der Waals surface area contributed by atoms with Crippen LogP contribution in [0.4, 0.5) is 18.9 Å². The van der Waals surface area contributed by atoms with Crippen LogP contribution in [0.25, 0.3) is 0 Å². The number of furan rings is 1. The lowest BCUT2D eigenvalue weighted by Gasteiger charge is -2.10. The fourth-order valence-electron chi connectivity index (χ4n) is 1.51. The van der Waals surface area contributed by atoms with Gasteiger partial charge in [0, 0.05) is 0 Å². The number of nitriles is 1. The zero-order valence-electron chi connectivity index (χ0n) is 9.86. The van der Waals surface area contributed by atoms with Crippen LogP contribution >= 0.6 is 0 Å². The van der Waals surface area contributed by atoms with Gasteiger partial charge in [-0.25, -0.2) is 0 Å². The lowest BCUT2D eigenvalue weighted by molar-refractivity contribution is -0.137. The number of rotatable bonds is 2. The minimum atomic E-state index is -4.55. The van der Waals surface area contributed by atoms with Gasteiger partial charge in [0.05, 0.1) is 23.1 Å². The third-order valence-electron chi connectivity index (χ3n) is 2.46. The van der Waals surface area contributed by atoms with Crippen LogP contribution in [-0.2, 0) is 6.18 Å². The van der Waals surface area contributed by atoms with Gasteiger partial charge in [-0.3, -0.25) is 4.79 Å². The smallest absolute Gasteiger partial charge is 0.416 e. The van der Waals surface area contributed by atoms with Gasteiger partial charge in [0.25, 0.3) is 5.91 Å². The van der Waals surface area contributed by atoms with Crippen LogP contribution < -0.4 is 5.32 Å². The second kappa shape index (κ2) is 5.09. The Morgan fingerprint density at radius 2 is 2.05 bits per heavy atom. The van der Waals surface area contributed by atoms with E-state index in [0.717, 1.165) is 12.1 Å². The van der Waals surface area contributed by atoms with Crippen molar-refractivity contribution in [1.82, 2.24) is 0 Å². The summed E-state index contributed by atoms with van der Waals surface area (Å²) in [7, 11) is 0. The summed E-state index contributed by atoms with van der Waals surface area (Å²) >= 11 is 0. The molecule has 0 bridgehead atoms. The molecule has 1 N–H and O–H groups in total. The second-order valence-corrected chi connectivity index (χ2v) is 3.80. The first-order valence-corrected chi connectivity index (χ1v) is 5.38. The average molecular weight is 280 g/mol. The molecule has 2 rings (SSSR count). The molecule has 0 fully saturated rings. The number of nitrogens with zero attached hydrogens (tertiary/aromatic N) is 1. The molecule has 0 unspecified atom stereocenters. The third kappa shape index (κ3) is 2.80. The van der Waals surface area contributed by atoms with E-state index in [0.29, 0.717) is 6.07 Å². The van der Waals surface area contributed by atoms with Gasteiger partial charge in [-0.05, 0) is 30.3 Å². The lowest BCUT2D eigenvalue weighted by atomic mass is 10.1. The summed E-state index contributed by atoms with van der Waals surface area (Å²) in [4.78, 5) is 11.7. The number of carbonyl (C=O) groups is 1. The SMILES string of the molecule is N#Cc1cc(C(F)(F)F)ccc1NC(=O)c1ccco1. The standard InChI is InChI=1S/C13H7F3N2O2/c14-13(15,16)9-3-4-10(8(6-9)7-17)18-12(19)11-2-1-5-20-11/h1-6H,(H,18,19). The summed E-state index contributed by atoms with van der Waals surface area (Å²) < 4.78 is 42.4. The summed E-state index contributed by atoms with van der Waals surface area (Å²) in [5.41, 5.74) is -1.24. The summed E-state index contributed by atoms with van der Waals surface area (Å²) in [5.74, 6) is -0.653. The van der Waals surface area contributed by atoms with Crippen molar-refractivity contribution in [2.75, 3.05) is 5.32 Å². The third-order valence-corrected chi connectivity index (χ3v) is 2.46. The van der Waals surface area contributed by atoms with Crippen molar-refractivity contribution in [2.24, 2.45) is 0 Å². The number of amides is 1. The molecular formula is C13H7F3N2O2. The van der Waals surface area contributed by atoms with E-state index < -0.39 is 17.6 Å². The van der Waals surface area contributed by atoms with E-state index in [9.17, 15) is 18.0 Å². The Hall–Kier alpha value is -2.75. The van der Waals surface area contributed by atoms with Gasteiger partial charge in [0.15, 0.2) is 5.76 Å². The minimum absolute atomic E-state index is 0.00575. The van der Waals surface area contributed by atoms with Crippen LogP contribution in [0.3, 0.4) is 0 Å². The first-order chi connectivity index (χ1) is 9.41. The van der Waals surface area contributed by atoms with Gasteiger partial charge in [0.2, 0.25) is 0 Å². The molecule has 2 aromatic rings. The van der Waals surface area contributed by atoms with Crippen LogP contribution in [0.15, 0.2) is 41.0 Å². The predicted molar refractivity (Wildman–Crippen MR) is 62.8 cm³/mol. The van der Waals surface area contributed by atoms with Crippen molar-refractivity contribution in [3.05, 3.63) is 53.5 Å². The maximum absolute atomic E-state index is 12.5. The van der Waals surface area contributed by atoms with Crippen molar-refractivity contribution in [3.8, 4) is 6.07 Å². The number of hydrogen-bond donors (Lipinski definition) is 1. The van der Waals surface area contributed by atoms with Crippen molar-refractivity contribution in [3.63, 3.8) is 0 Å². The number of hydrogen-bond acceptors (Lipinski definition) is 3. The van der Waals surface area contributed by atoms with E-state index in [2.05, 4.69) is 5.32 Å². The van der Waals surface area contributed by atoms with Crippen molar-refractivity contribution in [1.29, 1.82) is 5.26 Å². The summed E-state index contributed by atoms with van der Waals surface area (Å²) in [6, 6.07) is 7.00. The van der Waals surface area contributed by atoms with Gasteiger partial charge in [0.1, 0.15) is 6.07 Å². The van der Waals surface area contributed by atoms with Crippen molar-refractivity contribution in [2.45, 2.75) is 6.18 Å². The molecule has 1 amide bonds. The van der Waals surface area contributed by atoms with Crippen molar-refractivity contribution < 1.29 is 22.4 Å². The summed E-state index contributed by atoms with van der Waals surface area (Å²) in [6.45, 7) is 0. The van der Waals surface area contributed by atoms with Gasteiger partial charge in [-0.1, -0.05) is 0 Å². The molecule has 20 heavy (non-hydrogen) atoms. The van der Waals surface area contributed by atoms with Gasteiger partial charge in [-0.2, -0.15) is 18.4 Å².